The van der Waals surface area contributed by atoms with Crippen molar-refractivity contribution < 1.29 is 4.39 Å². The molecule has 120 valence electrons. The van der Waals surface area contributed by atoms with Gasteiger partial charge < -0.3 is 10.2 Å². The van der Waals surface area contributed by atoms with Gasteiger partial charge in [0.1, 0.15) is 5.82 Å². The second-order valence-electron chi connectivity index (χ2n) is 6.31. The van der Waals surface area contributed by atoms with E-state index in [1.807, 2.05) is 0 Å². The van der Waals surface area contributed by atoms with E-state index in [0.717, 1.165) is 18.0 Å². The number of anilines is 1. The zero-order valence-electron chi connectivity index (χ0n) is 12.9. The molecule has 4 rings (SSSR count). The average molecular weight is 349 g/mol. The monoisotopic (exact) mass is 348 g/mol. The highest BCUT2D eigenvalue weighted by Gasteiger charge is 2.36. The van der Waals surface area contributed by atoms with Gasteiger partial charge in [-0.2, -0.15) is 0 Å². The summed E-state index contributed by atoms with van der Waals surface area (Å²) in [5.74, 6) is 0.183. The Hall–Kier alpha value is -1.23. The van der Waals surface area contributed by atoms with E-state index in [0.29, 0.717) is 12.0 Å². The number of piperidine rings is 1. The molecule has 1 fully saturated rings. The summed E-state index contributed by atoms with van der Waals surface area (Å²) in [5, 5.41) is 3.89. The number of hydrogen-bond acceptors (Lipinski definition) is 3. The van der Waals surface area contributed by atoms with Crippen LogP contribution in [0.4, 0.5) is 10.1 Å². The van der Waals surface area contributed by atoms with E-state index in [9.17, 15) is 4.39 Å². The summed E-state index contributed by atoms with van der Waals surface area (Å²) < 4.78 is 13.3. The van der Waals surface area contributed by atoms with Gasteiger partial charge in [0, 0.05) is 28.3 Å². The number of para-hydroxylation sites is 1. The first kappa shape index (κ1) is 15.3. The van der Waals surface area contributed by atoms with E-state index in [-0.39, 0.29) is 10.8 Å². The lowest BCUT2D eigenvalue weighted by atomic mass is 9.90. The van der Waals surface area contributed by atoms with E-state index in [2.05, 4.69) is 35.5 Å². The van der Waals surface area contributed by atoms with Crippen LogP contribution in [0.2, 0.25) is 5.02 Å². The zero-order chi connectivity index (χ0) is 16.0. The van der Waals surface area contributed by atoms with Gasteiger partial charge in [0.2, 0.25) is 0 Å². The molecule has 2 atom stereocenters. The molecule has 0 aromatic heterocycles. The van der Waals surface area contributed by atoms with Crippen LogP contribution in [-0.2, 0) is 0 Å². The molecule has 23 heavy (non-hydrogen) atoms. The molecule has 0 aliphatic carbocycles. The van der Waals surface area contributed by atoms with Crippen molar-refractivity contribution in [3.63, 3.8) is 0 Å². The van der Waals surface area contributed by atoms with Crippen LogP contribution in [-0.4, -0.2) is 31.1 Å². The predicted molar refractivity (Wildman–Crippen MR) is 94.2 cm³/mol. The van der Waals surface area contributed by atoms with Gasteiger partial charge in [-0.25, -0.2) is 4.39 Å². The first-order valence-electron chi connectivity index (χ1n) is 7.83. The van der Waals surface area contributed by atoms with Crippen LogP contribution in [0.25, 0.3) is 0 Å². The van der Waals surface area contributed by atoms with E-state index in [1.165, 1.54) is 28.6 Å². The molecule has 2 heterocycles. The van der Waals surface area contributed by atoms with Crippen LogP contribution in [0.5, 0.6) is 0 Å². The molecule has 0 amide bonds. The fourth-order valence-corrected chi connectivity index (χ4v) is 4.79. The van der Waals surface area contributed by atoms with Crippen LogP contribution >= 0.6 is 23.4 Å². The van der Waals surface area contributed by atoms with Crippen LogP contribution in [0.15, 0.2) is 46.2 Å². The molecule has 2 aromatic carbocycles. The number of rotatable bonds is 2. The topological polar surface area (TPSA) is 15.3 Å². The van der Waals surface area contributed by atoms with E-state index < -0.39 is 0 Å². The van der Waals surface area contributed by atoms with Crippen LogP contribution in [0, 0.1) is 5.82 Å². The molecule has 0 bridgehead atoms. The van der Waals surface area contributed by atoms with Gasteiger partial charge >= 0.3 is 0 Å². The SMILES string of the molecule is CN1CC[C@@H]2Nc3c(Sc4ccc(F)c(Cl)c4)cccc3C2C1. The lowest BCUT2D eigenvalue weighted by Crippen LogP contribution is -2.39. The number of halogens is 2. The second-order valence-corrected chi connectivity index (χ2v) is 7.83. The fourth-order valence-electron chi connectivity index (χ4n) is 3.55. The molecule has 2 aromatic rings. The Labute approximate surface area is 145 Å². The molecule has 2 nitrogen and oxygen atoms in total. The smallest absolute Gasteiger partial charge is 0.141 e. The van der Waals surface area contributed by atoms with Gasteiger partial charge in [-0.15, -0.1) is 0 Å². The molecule has 1 unspecified atom stereocenters. The molecule has 0 saturated carbocycles. The lowest BCUT2D eigenvalue weighted by Gasteiger charge is -2.32. The Kier molecular flexibility index (Phi) is 4.00. The molecule has 2 aliphatic rings. The molecule has 0 radical (unpaired) electrons. The molecule has 5 heteroatoms. The van der Waals surface area contributed by atoms with Gasteiger partial charge in [-0.1, -0.05) is 35.5 Å². The maximum Gasteiger partial charge on any atom is 0.141 e. The normalized spacial score (nSPS) is 23.3. The van der Waals surface area contributed by atoms with Crippen LogP contribution < -0.4 is 5.32 Å². The molecular formula is C18H18ClFN2S. The number of hydrogen-bond donors (Lipinski definition) is 1. The van der Waals surface area contributed by atoms with Crippen molar-refractivity contribution in [3.05, 3.63) is 52.8 Å². The molecule has 0 spiro atoms. The van der Waals surface area contributed by atoms with Crippen molar-refractivity contribution in [1.82, 2.24) is 4.90 Å². The van der Waals surface area contributed by atoms with E-state index >= 15 is 0 Å². The van der Waals surface area contributed by atoms with Gasteiger partial charge in [0.15, 0.2) is 0 Å². The fraction of sp³-hybridized carbons (Fsp3) is 0.333. The Morgan fingerprint density at radius 3 is 3.00 bits per heavy atom. The third-order valence-electron chi connectivity index (χ3n) is 4.72. The molecule has 2 aliphatic heterocycles. The van der Waals surface area contributed by atoms with E-state index in [1.54, 1.807) is 23.9 Å². The summed E-state index contributed by atoms with van der Waals surface area (Å²) in [6.45, 7) is 2.24. The van der Waals surface area contributed by atoms with Gasteiger partial charge in [-0.05, 0) is 49.8 Å². The summed E-state index contributed by atoms with van der Waals surface area (Å²) in [4.78, 5) is 4.54. The number of likely N-dealkylation sites (N-methyl/N-ethyl adjacent to an activating group) is 1. The van der Waals surface area contributed by atoms with Crippen molar-refractivity contribution in [1.29, 1.82) is 0 Å². The number of fused-ring (bicyclic) bond motifs is 3. The second kappa shape index (κ2) is 6.00. The van der Waals surface area contributed by atoms with Gasteiger partial charge in [-0.3, -0.25) is 0 Å². The zero-order valence-corrected chi connectivity index (χ0v) is 14.4. The summed E-state index contributed by atoms with van der Waals surface area (Å²) in [5.41, 5.74) is 2.64. The third-order valence-corrected chi connectivity index (χ3v) is 6.06. The summed E-state index contributed by atoms with van der Waals surface area (Å²) in [6, 6.07) is 11.9. The highest BCUT2D eigenvalue weighted by Crippen LogP contribution is 2.46. The first-order valence-corrected chi connectivity index (χ1v) is 9.02. The number of likely N-dealkylation sites (tertiary alicyclic amines) is 1. The maximum absolute atomic E-state index is 13.3. The minimum atomic E-state index is -0.374. The molecular weight excluding hydrogens is 331 g/mol. The minimum Gasteiger partial charge on any atom is -0.380 e. The Morgan fingerprint density at radius 2 is 2.17 bits per heavy atom. The molecule has 1 saturated heterocycles. The summed E-state index contributed by atoms with van der Waals surface area (Å²) in [7, 11) is 2.19. The highest BCUT2D eigenvalue weighted by atomic mass is 35.5. The number of nitrogens with zero attached hydrogens (tertiary/aromatic N) is 1. The Balaban J connectivity index is 1.65. The van der Waals surface area contributed by atoms with Gasteiger partial charge in [0.25, 0.3) is 0 Å². The van der Waals surface area contributed by atoms with E-state index in [4.69, 9.17) is 11.6 Å². The highest BCUT2D eigenvalue weighted by molar-refractivity contribution is 7.99. The Morgan fingerprint density at radius 1 is 1.30 bits per heavy atom. The standard InChI is InChI=1S/C18H18ClFN2S/c1-22-8-7-16-13(10-22)12-3-2-4-17(18(12)21-16)23-11-5-6-15(20)14(19)9-11/h2-6,9,13,16,21H,7-8,10H2,1H3/t13?,16-/m0/s1. The van der Waals surface area contributed by atoms with Crippen molar-refractivity contribution >= 4 is 29.1 Å². The van der Waals surface area contributed by atoms with Gasteiger partial charge in [0.05, 0.1) is 10.7 Å². The van der Waals surface area contributed by atoms with Crippen molar-refractivity contribution in [2.24, 2.45) is 0 Å². The predicted octanol–water partition coefficient (Wildman–Crippen LogP) is 4.84. The van der Waals surface area contributed by atoms with Crippen molar-refractivity contribution in [2.75, 3.05) is 25.5 Å². The quantitative estimate of drug-likeness (QED) is 0.835. The average Bonchev–Trinajstić information content (AvgIpc) is 2.90. The maximum atomic E-state index is 13.3. The Bertz CT molecular complexity index is 752. The summed E-state index contributed by atoms with van der Waals surface area (Å²) >= 11 is 7.54. The third kappa shape index (κ3) is 2.84. The number of nitrogens with one attached hydrogen (secondary N) is 1. The minimum absolute atomic E-state index is 0.172. The van der Waals surface area contributed by atoms with Crippen molar-refractivity contribution in [3.8, 4) is 0 Å². The summed E-state index contributed by atoms with van der Waals surface area (Å²) in [6.07, 6.45) is 1.17. The van der Waals surface area contributed by atoms with Crippen LogP contribution in [0.1, 0.15) is 17.9 Å². The van der Waals surface area contributed by atoms with Crippen molar-refractivity contribution in [2.45, 2.75) is 28.2 Å². The number of benzene rings is 2. The molecule has 1 N–H and O–H groups in total. The lowest BCUT2D eigenvalue weighted by molar-refractivity contribution is 0.243. The first-order chi connectivity index (χ1) is 11.1. The largest absolute Gasteiger partial charge is 0.380 e. The van der Waals surface area contributed by atoms with Crippen LogP contribution in [0.3, 0.4) is 0 Å².